The Bertz CT molecular complexity index is 712. The third-order valence-corrected chi connectivity index (χ3v) is 3.36. The van der Waals surface area contributed by atoms with Gasteiger partial charge in [-0.05, 0) is 12.1 Å². The number of hydrogen-bond donors (Lipinski definition) is 2. The minimum atomic E-state index is -0.388. The van der Waals surface area contributed by atoms with Gasteiger partial charge in [0.15, 0.2) is 10.8 Å². The van der Waals surface area contributed by atoms with Gasteiger partial charge in [0.2, 0.25) is 12.1 Å². The SMILES string of the molecule is CO/N=C(\C(=O)c1ccccc1NC[C]=O)c1csc(N)n1. The van der Waals surface area contributed by atoms with Gasteiger partial charge in [-0.2, -0.15) is 0 Å². The second-order valence-corrected chi connectivity index (χ2v) is 4.96. The van der Waals surface area contributed by atoms with Gasteiger partial charge in [0.1, 0.15) is 12.8 Å². The van der Waals surface area contributed by atoms with Crippen LogP contribution in [0.5, 0.6) is 0 Å². The quantitative estimate of drug-likeness (QED) is 0.455. The van der Waals surface area contributed by atoms with Crippen LogP contribution >= 0.6 is 11.3 Å². The number of anilines is 2. The van der Waals surface area contributed by atoms with E-state index >= 15 is 0 Å². The molecule has 1 heterocycles. The number of oxime groups is 1. The van der Waals surface area contributed by atoms with Crippen LogP contribution in [0.15, 0.2) is 34.8 Å². The maximum absolute atomic E-state index is 12.7. The maximum Gasteiger partial charge on any atom is 0.219 e. The molecule has 0 amide bonds. The highest BCUT2D eigenvalue weighted by Gasteiger charge is 2.22. The summed E-state index contributed by atoms with van der Waals surface area (Å²) in [6.45, 7) is -0.0231. The monoisotopic (exact) mass is 317 g/mol. The summed E-state index contributed by atoms with van der Waals surface area (Å²) < 4.78 is 0. The molecule has 0 bridgehead atoms. The first-order chi connectivity index (χ1) is 10.7. The van der Waals surface area contributed by atoms with Crippen molar-refractivity contribution >= 4 is 39.9 Å². The molecule has 2 rings (SSSR count). The van der Waals surface area contributed by atoms with Crippen LogP contribution in [0.2, 0.25) is 0 Å². The topological polar surface area (TPSA) is 107 Å². The number of rotatable bonds is 7. The molecule has 0 unspecified atom stereocenters. The Morgan fingerprint density at radius 1 is 1.50 bits per heavy atom. The average molecular weight is 317 g/mol. The highest BCUT2D eigenvalue weighted by molar-refractivity contribution is 7.13. The molecule has 22 heavy (non-hydrogen) atoms. The molecule has 7 nitrogen and oxygen atoms in total. The number of nitrogens with two attached hydrogens (primary N) is 1. The van der Waals surface area contributed by atoms with Crippen LogP contribution in [-0.4, -0.2) is 36.4 Å². The van der Waals surface area contributed by atoms with E-state index in [9.17, 15) is 9.59 Å². The van der Waals surface area contributed by atoms with E-state index in [0.717, 1.165) is 0 Å². The van der Waals surface area contributed by atoms with Crippen LogP contribution in [0.3, 0.4) is 0 Å². The summed E-state index contributed by atoms with van der Waals surface area (Å²) in [6.07, 6.45) is 1.72. The smallest absolute Gasteiger partial charge is 0.219 e. The van der Waals surface area contributed by atoms with Crippen molar-refractivity contribution in [2.24, 2.45) is 5.16 Å². The minimum Gasteiger partial charge on any atom is -0.398 e. The van der Waals surface area contributed by atoms with E-state index in [1.807, 2.05) is 0 Å². The van der Waals surface area contributed by atoms with Crippen LogP contribution in [0.1, 0.15) is 16.1 Å². The van der Waals surface area contributed by atoms with E-state index in [1.165, 1.54) is 18.4 Å². The van der Waals surface area contributed by atoms with Crippen molar-refractivity contribution in [1.82, 2.24) is 4.98 Å². The highest BCUT2D eigenvalue weighted by Crippen LogP contribution is 2.20. The Morgan fingerprint density at radius 2 is 2.27 bits per heavy atom. The van der Waals surface area contributed by atoms with Crippen molar-refractivity contribution in [2.75, 3.05) is 24.7 Å². The summed E-state index contributed by atoms with van der Waals surface area (Å²) in [6, 6.07) is 6.77. The molecule has 0 spiro atoms. The maximum atomic E-state index is 12.7. The van der Waals surface area contributed by atoms with Crippen LogP contribution in [0, 0.1) is 0 Å². The average Bonchev–Trinajstić information content (AvgIpc) is 2.96. The summed E-state index contributed by atoms with van der Waals surface area (Å²) in [4.78, 5) is 31.9. The van der Waals surface area contributed by atoms with Gasteiger partial charge < -0.3 is 15.9 Å². The van der Waals surface area contributed by atoms with E-state index in [-0.39, 0.29) is 18.0 Å². The van der Waals surface area contributed by atoms with Crippen LogP contribution < -0.4 is 11.1 Å². The molecule has 0 aliphatic carbocycles. The van der Waals surface area contributed by atoms with E-state index in [2.05, 4.69) is 15.5 Å². The largest absolute Gasteiger partial charge is 0.398 e. The predicted molar refractivity (Wildman–Crippen MR) is 85.0 cm³/mol. The fourth-order valence-electron chi connectivity index (χ4n) is 1.79. The van der Waals surface area contributed by atoms with Gasteiger partial charge in [-0.25, -0.2) is 4.98 Å². The Kier molecular flexibility index (Phi) is 5.21. The molecule has 0 saturated heterocycles. The van der Waals surface area contributed by atoms with Crippen molar-refractivity contribution in [1.29, 1.82) is 0 Å². The Balaban J connectivity index is 2.40. The number of nitrogens with one attached hydrogen (secondary N) is 1. The predicted octanol–water partition coefficient (Wildman–Crippen LogP) is 1.48. The fourth-order valence-corrected chi connectivity index (χ4v) is 2.33. The molecule has 8 heteroatoms. The molecule has 0 saturated carbocycles. The molecule has 0 atom stereocenters. The van der Waals surface area contributed by atoms with Crippen molar-refractivity contribution in [3.8, 4) is 0 Å². The van der Waals surface area contributed by atoms with Crippen LogP contribution in [0.4, 0.5) is 10.8 Å². The summed E-state index contributed by atoms with van der Waals surface area (Å²) in [7, 11) is 1.34. The number of carbonyl (C=O) groups is 1. The van der Waals surface area contributed by atoms with Gasteiger partial charge in [-0.15, -0.1) is 11.3 Å². The van der Waals surface area contributed by atoms with E-state index in [4.69, 9.17) is 10.6 Å². The number of thiazole rings is 1. The lowest BCUT2D eigenvalue weighted by atomic mass is 10.0. The fraction of sp³-hybridized carbons (Fsp3) is 0.143. The Morgan fingerprint density at radius 3 is 2.91 bits per heavy atom. The summed E-state index contributed by atoms with van der Waals surface area (Å²) in [5.74, 6) is -0.388. The molecular weight excluding hydrogens is 304 g/mol. The van der Waals surface area contributed by atoms with Crippen molar-refractivity contribution in [2.45, 2.75) is 0 Å². The van der Waals surface area contributed by atoms with E-state index in [0.29, 0.717) is 22.1 Å². The lowest BCUT2D eigenvalue weighted by Gasteiger charge is -2.09. The number of nitrogen functional groups attached to an aromatic ring is 1. The number of benzene rings is 1. The number of nitrogens with zero attached hydrogens (tertiary/aromatic N) is 2. The molecular formula is C14H13N4O3S. The number of hydrogen-bond acceptors (Lipinski definition) is 8. The van der Waals surface area contributed by atoms with Crippen molar-refractivity contribution in [3.63, 3.8) is 0 Å². The zero-order valence-electron chi connectivity index (χ0n) is 11.7. The molecule has 0 fully saturated rings. The van der Waals surface area contributed by atoms with Gasteiger partial charge in [0.25, 0.3) is 0 Å². The first-order valence-corrected chi connectivity index (χ1v) is 7.10. The Hall–Kier alpha value is -2.74. The van der Waals surface area contributed by atoms with Crippen LogP contribution in [-0.2, 0) is 9.63 Å². The first-order valence-electron chi connectivity index (χ1n) is 6.22. The normalized spacial score (nSPS) is 11.0. The zero-order valence-corrected chi connectivity index (χ0v) is 12.5. The molecule has 3 N–H and O–H groups in total. The number of para-hydroxylation sites is 1. The molecule has 1 radical (unpaired) electrons. The summed E-state index contributed by atoms with van der Waals surface area (Å²) in [5.41, 5.74) is 6.82. The minimum absolute atomic E-state index is 0.0231. The molecule has 1 aromatic carbocycles. The molecule has 113 valence electrons. The molecule has 0 aliphatic heterocycles. The molecule has 0 aliphatic rings. The lowest BCUT2D eigenvalue weighted by molar-refractivity contribution is 0.105. The molecule has 2 aromatic rings. The second kappa shape index (κ2) is 7.32. The Labute approximate surface area is 130 Å². The number of ketones is 1. The van der Waals surface area contributed by atoms with Gasteiger partial charge in [-0.3, -0.25) is 9.59 Å². The zero-order chi connectivity index (χ0) is 15.9. The van der Waals surface area contributed by atoms with Gasteiger partial charge in [-0.1, -0.05) is 17.3 Å². The van der Waals surface area contributed by atoms with E-state index < -0.39 is 0 Å². The van der Waals surface area contributed by atoms with Crippen molar-refractivity contribution in [3.05, 3.63) is 40.9 Å². The van der Waals surface area contributed by atoms with Crippen LogP contribution in [0.25, 0.3) is 0 Å². The lowest BCUT2D eigenvalue weighted by Crippen LogP contribution is -2.19. The highest BCUT2D eigenvalue weighted by atomic mass is 32.1. The van der Waals surface area contributed by atoms with E-state index in [1.54, 1.807) is 35.9 Å². The standard InChI is InChI=1S/C14H13N4O3S/c1-21-18-12(11-8-22-14(15)17-11)13(20)9-4-2-3-5-10(9)16-6-7-19/h2-5,8,16H,6H2,1H3,(H2,15,17)/b18-12-. The van der Waals surface area contributed by atoms with Crippen molar-refractivity contribution < 1.29 is 14.4 Å². The molecule has 1 aromatic heterocycles. The third kappa shape index (κ3) is 3.47. The number of Topliss-reactive ketones (excluding diaryl/α,β-unsaturated/α-hetero) is 1. The number of aromatic nitrogens is 1. The first kappa shape index (κ1) is 15.6. The second-order valence-electron chi connectivity index (χ2n) is 4.07. The third-order valence-electron chi connectivity index (χ3n) is 2.68. The van der Waals surface area contributed by atoms with Gasteiger partial charge in [0, 0.05) is 16.6 Å². The summed E-state index contributed by atoms with van der Waals surface area (Å²) in [5, 5.41) is 8.52. The van der Waals surface area contributed by atoms with Gasteiger partial charge in [0.05, 0.1) is 6.54 Å². The summed E-state index contributed by atoms with van der Waals surface area (Å²) >= 11 is 1.20. The van der Waals surface area contributed by atoms with Gasteiger partial charge >= 0.3 is 0 Å². The number of carbonyl (C=O) groups excluding carboxylic acids is 2.